The van der Waals surface area contributed by atoms with E-state index >= 15 is 0 Å². The van der Waals surface area contributed by atoms with Crippen molar-refractivity contribution in [2.24, 2.45) is 0 Å². The minimum absolute atomic E-state index is 0.135. The highest BCUT2D eigenvalue weighted by Gasteiger charge is 2.21. The maximum Gasteiger partial charge on any atom is 0.166 e. The molecule has 3 aromatic heterocycles. The highest BCUT2D eigenvalue weighted by molar-refractivity contribution is 6.11. The lowest BCUT2D eigenvalue weighted by molar-refractivity contribution is 0.669. The molecule has 0 N–H and O–H groups in total. The molecule has 5 heteroatoms. The maximum absolute atomic E-state index is 9.80. The Hall–Kier alpha value is -8.41. The minimum Gasteiger partial charge on any atom is -0.456 e. The summed E-state index contributed by atoms with van der Waals surface area (Å²) in [5.74, 6) is 0.754. The second kappa shape index (κ2) is 14.7. The molecule has 290 valence electrons. The van der Waals surface area contributed by atoms with Gasteiger partial charge in [-0.1, -0.05) is 164 Å². The Kier molecular flexibility index (Phi) is 5.99. The fraction of sp³-hybridized carbons (Fsp3) is 0. The fourth-order valence-corrected chi connectivity index (χ4v) is 8.06. The van der Waals surface area contributed by atoms with Gasteiger partial charge in [0.2, 0.25) is 0 Å². The van der Waals surface area contributed by atoms with E-state index in [4.69, 9.17) is 29.0 Å². The predicted molar refractivity (Wildman–Crippen MR) is 254 cm³/mol. The molecule has 0 fully saturated rings. The Morgan fingerprint density at radius 2 is 1.00 bits per heavy atom. The SMILES string of the molecule is [2H]c1c([2H])c([2H])c(-c2c([2H])c([2H])c3c(c2[2H])c2c([2H])c([2H])c([2H])c([2H])c2n3-c2ccc(-c3ccc4c(c3)oc3ccccc34)cc2-c2nc(-c3ccccc3)nc(-c3cccc(-c4ccccc4)c3)n2)c([2H])c1[2H]. The van der Waals surface area contributed by atoms with Crippen molar-refractivity contribution in [3.8, 4) is 73.2 Å². The summed E-state index contributed by atoms with van der Waals surface area (Å²) in [4.78, 5) is 15.3. The molecule has 0 unspecified atom stereocenters. The zero-order chi connectivity index (χ0) is 51.4. The van der Waals surface area contributed by atoms with E-state index in [1.807, 2.05) is 140 Å². The van der Waals surface area contributed by atoms with Crippen LogP contribution in [0.15, 0.2) is 223 Å². The first-order valence-corrected chi connectivity index (χ1v) is 19.9. The molecule has 0 atom stereocenters. The van der Waals surface area contributed by atoms with Gasteiger partial charge in [0, 0.05) is 38.2 Å². The van der Waals surface area contributed by atoms with Crippen molar-refractivity contribution in [2.75, 3.05) is 0 Å². The average Bonchev–Trinajstić information content (AvgIpc) is 4.01. The minimum atomic E-state index is -0.710. The number of hydrogen-bond acceptors (Lipinski definition) is 4. The number of aromatic nitrogens is 4. The first kappa shape index (κ1) is 25.3. The van der Waals surface area contributed by atoms with Crippen molar-refractivity contribution in [3.05, 3.63) is 218 Å². The Balaban J connectivity index is 1.21. The molecule has 12 rings (SSSR count). The molecule has 0 saturated carbocycles. The van der Waals surface area contributed by atoms with Crippen LogP contribution in [0.3, 0.4) is 0 Å². The van der Waals surface area contributed by atoms with Crippen LogP contribution in [0, 0.1) is 0 Å². The van der Waals surface area contributed by atoms with Gasteiger partial charge in [0.25, 0.3) is 0 Å². The van der Waals surface area contributed by atoms with Crippen LogP contribution in [0.4, 0.5) is 0 Å². The van der Waals surface area contributed by atoms with Crippen molar-refractivity contribution in [2.45, 2.75) is 0 Å². The summed E-state index contributed by atoms with van der Waals surface area (Å²) in [6.07, 6.45) is 0. The zero-order valence-electron chi connectivity index (χ0n) is 44.6. The number of fused-ring (bicyclic) bond motifs is 6. The van der Waals surface area contributed by atoms with E-state index in [9.17, 15) is 6.85 Å². The zero-order valence-corrected chi connectivity index (χ0v) is 32.6. The van der Waals surface area contributed by atoms with Crippen LogP contribution in [0.2, 0.25) is 0 Å². The van der Waals surface area contributed by atoms with Crippen molar-refractivity contribution in [1.82, 2.24) is 19.5 Å². The molecule has 0 radical (unpaired) electrons. The first-order valence-electron chi connectivity index (χ1n) is 25.9. The third-order valence-electron chi connectivity index (χ3n) is 11.0. The molecular weight excluding hydrogens is 757 g/mol. The lowest BCUT2D eigenvalue weighted by Crippen LogP contribution is -2.04. The maximum atomic E-state index is 9.80. The lowest BCUT2D eigenvalue weighted by Gasteiger charge is -2.16. The third kappa shape index (κ3) is 6.14. The first-order chi connectivity index (χ1) is 35.7. The molecule has 0 bridgehead atoms. The Bertz CT molecular complexity index is 4320. The molecule has 0 amide bonds. The molecule has 3 heterocycles. The average molecular weight is 805 g/mol. The van der Waals surface area contributed by atoms with Crippen molar-refractivity contribution in [1.29, 1.82) is 0 Å². The normalized spacial score (nSPS) is 14.3. The summed E-state index contributed by atoms with van der Waals surface area (Å²) in [7, 11) is 0. The van der Waals surface area contributed by atoms with E-state index in [0.717, 1.165) is 33.0 Å². The van der Waals surface area contributed by atoms with Gasteiger partial charge in [0.15, 0.2) is 17.5 Å². The van der Waals surface area contributed by atoms with E-state index in [0.29, 0.717) is 39.5 Å². The van der Waals surface area contributed by atoms with Crippen molar-refractivity contribution in [3.63, 3.8) is 0 Å². The number of para-hydroxylation sites is 2. The van der Waals surface area contributed by atoms with Crippen molar-refractivity contribution < 1.29 is 20.9 Å². The van der Waals surface area contributed by atoms with Gasteiger partial charge in [-0.2, -0.15) is 0 Å². The van der Waals surface area contributed by atoms with E-state index in [1.165, 1.54) is 4.57 Å². The Morgan fingerprint density at radius 1 is 0.371 bits per heavy atom. The predicted octanol–water partition coefficient (Wildman–Crippen LogP) is 14.9. The lowest BCUT2D eigenvalue weighted by atomic mass is 9.99. The summed E-state index contributed by atoms with van der Waals surface area (Å²) in [6.45, 7) is 0. The molecule has 62 heavy (non-hydrogen) atoms. The highest BCUT2D eigenvalue weighted by atomic mass is 16.3. The number of furan rings is 1. The van der Waals surface area contributed by atoms with Crippen LogP contribution in [-0.4, -0.2) is 19.5 Å². The van der Waals surface area contributed by atoms with E-state index in [1.54, 1.807) is 6.07 Å². The largest absolute Gasteiger partial charge is 0.456 e. The molecule has 9 aromatic carbocycles. The summed E-state index contributed by atoms with van der Waals surface area (Å²) in [6, 6.07) is 38.4. The number of hydrogen-bond donors (Lipinski definition) is 0. The smallest absolute Gasteiger partial charge is 0.166 e. The topological polar surface area (TPSA) is 56.7 Å². The van der Waals surface area contributed by atoms with Crippen LogP contribution < -0.4 is 0 Å². The van der Waals surface area contributed by atoms with E-state index in [2.05, 4.69) is 0 Å². The van der Waals surface area contributed by atoms with Gasteiger partial charge in [-0.15, -0.1) is 0 Å². The van der Waals surface area contributed by atoms with Gasteiger partial charge >= 0.3 is 0 Å². The number of benzene rings is 9. The van der Waals surface area contributed by atoms with E-state index in [-0.39, 0.29) is 33.3 Å². The standard InChI is InChI=1S/C57H36N4O/c1-4-15-37(16-5-1)40-21-14-22-44(33-40)56-58-55(39-19-8-3-9-20-39)59-57(60-56)49-35-42(43-27-30-47-46-24-11-13-26-53(46)62-54(47)36-43)29-32-52(49)61-50-25-12-10-23-45(50)48-34-41(28-31-51(48)61)38-17-6-2-7-18-38/h1-36H/i2D,6D,7D,10D,12D,17D,18D,23D,25D,28D,31D,34D. The van der Waals surface area contributed by atoms with Gasteiger partial charge < -0.3 is 8.98 Å². The van der Waals surface area contributed by atoms with Gasteiger partial charge in [-0.05, 0) is 87.9 Å². The number of nitrogens with zero attached hydrogens (tertiary/aromatic N) is 4. The molecule has 0 aliphatic rings. The summed E-state index contributed by atoms with van der Waals surface area (Å²) in [5, 5.41) is 1.49. The fourth-order valence-electron chi connectivity index (χ4n) is 8.06. The third-order valence-corrected chi connectivity index (χ3v) is 11.0. The molecular formula is C57H36N4O. The summed E-state index contributed by atoms with van der Waals surface area (Å²) >= 11 is 0. The van der Waals surface area contributed by atoms with Crippen LogP contribution in [0.1, 0.15) is 16.4 Å². The molecule has 0 aliphatic carbocycles. The quantitative estimate of drug-likeness (QED) is 0.161. The van der Waals surface area contributed by atoms with Gasteiger partial charge in [-0.3, -0.25) is 0 Å². The van der Waals surface area contributed by atoms with Gasteiger partial charge in [0.05, 0.1) is 33.2 Å². The van der Waals surface area contributed by atoms with Crippen molar-refractivity contribution >= 4 is 43.7 Å². The highest BCUT2D eigenvalue weighted by Crippen LogP contribution is 2.41. The van der Waals surface area contributed by atoms with Gasteiger partial charge in [-0.25, -0.2) is 15.0 Å². The molecule has 0 spiro atoms. The second-order valence-corrected chi connectivity index (χ2v) is 14.7. The summed E-state index contributed by atoms with van der Waals surface area (Å²) < 4.78 is 116. The molecule has 0 aliphatic heterocycles. The van der Waals surface area contributed by atoms with Crippen LogP contribution in [-0.2, 0) is 0 Å². The van der Waals surface area contributed by atoms with Crippen LogP contribution in [0.25, 0.3) is 117 Å². The number of rotatable bonds is 7. The van der Waals surface area contributed by atoms with E-state index < -0.39 is 83.6 Å². The van der Waals surface area contributed by atoms with Crippen LogP contribution >= 0.6 is 0 Å². The molecule has 12 aromatic rings. The Morgan fingerprint density at radius 3 is 1.85 bits per heavy atom. The Labute approximate surface area is 374 Å². The van der Waals surface area contributed by atoms with Crippen LogP contribution in [0.5, 0.6) is 0 Å². The van der Waals surface area contributed by atoms with Gasteiger partial charge in [0.1, 0.15) is 11.2 Å². The second-order valence-electron chi connectivity index (χ2n) is 14.7. The summed E-state index contributed by atoms with van der Waals surface area (Å²) in [5.41, 5.74) is 5.25. The monoisotopic (exact) mass is 804 g/mol. The molecule has 0 saturated heterocycles. The molecule has 5 nitrogen and oxygen atoms in total.